The zero-order chi connectivity index (χ0) is 16.6. The average Bonchev–Trinajstić information content (AvgIpc) is 2.94. The lowest BCUT2D eigenvalue weighted by molar-refractivity contribution is 0.0764. The van der Waals surface area contributed by atoms with Crippen LogP contribution in [0.15, 0.2) is 36.4 Å². The minimum absolute atomic E-state index is 0.250. The predicted octanol–water partition coefficient (Wildman–Crippen LogP) is 3.15. The lowest BCUT2D eigenvalue weighted by atomic mass is 9.98. The second kappa shape index (κ2) is 6.08. The van der Waals surface area contributed by atoms with Crippen molar-refractivity contribution in [2.45, 2.75) is 19.4 Å². The SMILES string of the molecule is Cc1cc(F)ccc1-c1ccc(C(=O)N2CC[C@H](O)C2)cc1F. The lowest BCUT2D eigenvalue weighted by Crippen LogP contribution is -2.29. The van der Waals surface area contributed by atoms with E-state index in [1.54, 1.807) is 13.0 Å². The molecule has 1 amide bonds. The number of likely N-dealkylation sites (tertiary alicyclic amines) is 1. The van der Waals surface area contributed by atoms with Crippen molar-refractivity contribution in [2.75, 3.05) is 13.1 Å². The van der Waals surface area contributed by atoms with E-state index in [0.717, 1.165) is 0 Å². The molecule has 0 saturated carbocycles. The number of β-amino-alcohol motifs (C(OH)–C–C–N with tert-alkyl or cyclic N) is 1. The third-order valence-electron chi connectivity index (χ3n) is 4.15. The molecule has 0 spiro atoms. The summed E-state index contributed by atoms with van der Waals surface area (Å²) in [6.07, 6.45) is 0.0334. The molecule has 0 aromatic heterocycles. The number of carbonyl (C=O) groups is 1. The highest BCUT2D eigenvalue weighted by Crippen LogP contribution is 2.28. The van der Waals surface area contributed by atoms with E-state index in [1.165, 1.54) is 35.2 Å². The number of halogens is 2. The molecule has 23 heavy (non-hydrogen) atoms. The molecule has 1 fully saturated rings. The number of rotatable bonds is 2. The first-order valence-corrected chi connectivity index (χ1v) is 7.49. The summed E-state index contributed by atoms with van der Waals surface area (Å²) in [5.74, 6) is -1.18. The lowest BCUT2D eigenvalue weighted by Gasteiger charge is -2.16. The molecule has 1 heterocycles. The van der Waals surface area contributed by atoms with Gasteiger partial charge in [-0.1, -0.05) is 12.1 Å². The fraction of sp³-hybridized carbons (Fsp3) is 0.278. The van der Waals surface area contributed by atoms with Gasteiger partial charge in [0.25, 0.3) is 5.91 Å². The second-order valence-electron chi connectivity index (χ2n) is 5.85. The molecule has 1 saturated heterocycles. The molecule has 1 N–H and O–H groups in total. The largest absolute Gasteiger partial charge is 0.391 e. The van der Waals surface area contributed by atoms with E-state index >= 15 is 0 Å². The van der Waals surface area contributed by atoms with Gasteiger partial charge in [0.05, 0.1) is 6.10 Å². The minimum atomic E-state index is -0.523. The normalized spacial score (nSPS) is 17.6. The molecule has 2 aromatic rings. The number of aryl methyl sites for hydroxylation is 1. The van der Waals surface area contributed by atoms with E-state index in [2.05, 4.69) is 0 Å². The van der Waals surface area contributed by atoms with E-state index in [4.69, 9.17) is 0 Å². The smallest absolute Gasteiger partial charge is 0.254 e. The van der Waals surface area contributed by atoms with Gasteiger partial charge < -0.3 is 10.0 Å². The standard InChI is InChI=1S/C18H17F2NO2/c1-11-8-13(19)3-5-15(11)16-4-2-12(9-17(16)20)18(23)21-7-6-14(22)10-21/h2-5,8-9,14,22H,6-7,10H2,1H3/t14-/m0/s1. The Hall–Kier alpha value is -2.27. The summed E-state index contributed by atoms with van der Waals surface area (Å²) in [5.41, 5.74) is 1.81. The van der Waals surface area contributed by atoms with Gasteiger partial charge in [-0.15, -0.1) is 0 Å². The van der Waals surface area contributed by atoms with Crippen LogP contribution in [-0.4, -0.2) is 35.1 Å². The van der Waals surface area contributed by atoms with Crippen molar-refractivity contribution in [3.8, 4) is 11.1 Å². The quantitative estimate of drug-likeness (QED) is 0.924. The van der Waals surface area contributed by atoms with Crippen molar-refractivity contribution in [3.63, 3.8) is 0 Å². The van der Waals surface area contributed by atoms with E-state index in [-0.39, 0.29) is 23.8 Å². The Morgan fingerprint density at radius 3 is 2.52 bits per heavy atom. The highest BCUT2D eigenvalue weighted by atomic mass is 19.1. The van der Waals surface area contributed by atoms with Crippen molar-refractivity contribution in [2.24, 2.45) is 0 Å². The Balaban J connectivity index is 1.90. The molecule has 5 heteroatoms. The second-order valence-corrected chi connectivity index (χ2v) is 5.85. The van der Waals surface area contributed by atoms with Crippen LogP contribution in [0.2, 0.25) is 0 Å². The molecule has 1 aliphatic heterocycles. The summed E-state index contributed by atoms with van der Waals surface area (Å²) in [4.78, 5) is 13.8. The van der Waals surface area contributed by atoms with Crippen LogP contribution in [0.25, 0.3) is 11.1 Å². The van der Waals surface area contributed by atoms with Gasteiger partial charge in [0.15, 0.2) is 0 Å². The monoisotopic (exact) mass is 317 g/mol. The summed E-state index contributed by atoms with van der Waals surface area (Å²) in [6, 6.07) is 8.46. The van der Waals surface area contributed by atoms with Crippen LogP contribution in [0.4, 0.5) is 8.78 Å². The van der Waals surface area contributed by atoms with Gasteiger partial charge in [-0.3, -0.25) is 4.79 Å². The number of hydrogen-bond acceptors (Lipinski definition) is 2. The van der Waals surface area contributed by atoms with Gasteiger partial charge in [-0.05, 0) is 48.7 Å². The van der Waals surface area contributed by atoms with Crippen LogP contribution in [0.3, 0.4) is 0 Å². The highest BCUT2D eigenvalue weighted by Gasteiger charge is 2.26. The van der Waals surface area contributed by atoms with Crippen molar-refractivity contribution >= 4 is 5.91 Å². The van der Waals surface area contributed by atoms with Crippen LogP contribution in [0.5, 0.6) is 0 Å². The van der Waals surface area contributed by atoms with Gasteiger partial charge >= 0.3 is 0 Å². The molecular formula is C18H17F2NO2. The molecule has 2 aromatic carbocycles. The summed E-state index contributed by atoms with van der Waals surface area (Å²) in [7, 11) is 0. The topological polar surface area (TPSA) is 40.5 Å². The van der Waals surface area contributed by atoms with Crippen LogP contribution >= 0.6 is 0 Å². The predicted molar refractivity (Wildman–Crippen MR) is 83.1 cm³/mol. The van der Waals surface area contributed by atoms with Gasteiger partial charge in [0, 0.05) is 24.2 Å². The minimum Gasteiger partial charge on any atom is -0.391 e. The average molecular weight is 317 g/mol. The van der Waals surface area contributed by atoms with E-state index in [9.17, 15) is 18.7 Å². The number of nitrogens with zero attached hydrogens (tertiary/aromatic N) is 1. The number of aliphatic hydroxyl groups excluding tert-OH is 1. The Morgan fingerprint density at radius 2 is 1.91 bits per heavy atom. The van der Waals surface area contributed by atoms with Crippen LogP contribution in [0.1, 0.15) is 22.3 Å². The van der Waals surface area contributed by atoms with Gasteiger partial charge in [0.1, 0.15) is 11.6 Å². The van der Waals surface area contributed by atoms with Crippen LogP contribution in [-0.2, 0) is 0 Å². The molecule has 1 atom stereocenters. The maximum absolute atomic E-state index is 14.4. The van der Waals surface area contributed by atoms with E-state index in [1.807, 2.05) is 0 Å². The Morgan fingerprint density at radius 1 is 1.17 bits per heavy atom. The first-order chi connectivity index (χ1) is 11.0. The molecular weight excluding hydrogens is 300 g/mol. The van der Waals surface area contributed by atoms with Gasteiger partial charge in [-0.25, -0.2) is 8.78 Å². The highest BCUT2D eigenvalue weighted by molar-refractivity contribution is 5.95. The van der Waals surface area contributed by atoms with Gasteiger partial charge in [0.2, 0.25) is 0 Å². The third-order valence-corrected chi connectivity index (χ3v) is 4.15. The summed E-state index contributed by atoms with van der Waals surface area (Å²) < 4.78 is 27.6. The molecule has 0 unspecified atom stereocenters. The molecule has 120 valence electrons. The zero-order valence-electron chi connectivity index (χ0n) is 12.7. The maximum atomic E-state index is 14.4. The number of carbonyl (C=O) groups excluding carboxylic acids is 1. The fourth-order valence-corrected chi connectivity index (χ4v) is 2.90. The van der Waals surface area contributed by atoms with Gasteiger partial charge in [-0.2, -0.15) is 0 Å². The zero-order valence-corrected chi connectivity index (χ0v) is 12.7. The van der Waals surface area contributed by atoms with E-state index in [0.29, 0.717) is 29.7 Å². The number of hydrogen-bond donors (Lipinski definition) is 1. The molecule has 0 aliphatic carbocycles. The molecule has 1 aliphatic rings. The van der Waals surface area contributed by atoms with Crippen molar-refractivity contribution in [1.82, 2.24) is 4.90 Å². The molecule has 3 nitrogen and oxygen atoms in total. The maximum Gasteiger partial charge on any atom is 0.254 e. The van der Waals surface area contributed by atoms with Crippen molar-refractivity contribution in [3.05, 3.63) is 59.2 Å². The third kappa shape index (κ3) is 3.10. The molecule has 3 rings (SSSR count). The summed E-state index contributed by atoms with van der Waals surface area (Å²) >= 11 is 0. The first kappa shape index (κ1) is 15.6. The Labute approximate surface area is 133 Å². The molecule has 0 bridgehead atoms. The Bertz CT molecular complexity index is 761. The number of amides is 1. The van der Waals surface area contributed by atoms with Crippen LogP contribution < -0.4 is 0 Å². The summed E-state index contributed by atoms with van der Waals surface area (Å²) in [5, 5.41) is 9.50. The van der Waals surface area contributed by atoms with Crippen molar-refractivity contribution in [1.29, 1.82) is 0 Å². The number of aliphatic hydroxyl groups is 1. The Kier molecular flexibility index (Phi) is 4.13. The molecule has 0 radical (unpaired) electrons. The first-order valence-electron chi connectivity index (χ1n) is 7.49. The van der Waals surface area contributed by atoms with Crippen molar-refractivity contribution < 1.29 is 18.7 Å². The van der Waals surface area contributed by atoms with E-state index < -0.39 is 11.9 Å². The fourth-order valence-electron chi connectivity index (χ4n) is 2.90. The summed E-state index contributed by atoms with van der Waals surface area (Å²) in [6.45, 7) is 2.46. The van der Waals surface area contributed by atoms with Crippen LogP contribution in [0, 0.1) is 18.6 Å². The number of benzene rings is 2.